The largest absolute Gasteiger partial charge is 0.543 e. The number of carboxylic acid groups (broad SMARTS) is 1. The van der Waals surface area contributed by atoms with Crippen LogP contribution in [0.25, 0.3) is 11.1 Å². The highest BCUT2D eigenvalue weighted by Gasteiger charge is 2.22. The predicted molar refractivity (Wildman–Crippen MR) is 74.7 cm³/mol. The Morgan fingerprint density at radius 1 is 1.24 bits per heavy atom. The van der Waals surface area contributed by atoms with Gasteiger partial charge in [-0.05, 0) is 25.0 Å². The third kappa shape index (κ3) is 2.91. The summed E-state index contributed by atoms with van der Waals surface area (Å²) in [6, 6.07) is 9.05. The Kier molecular flexibility index (Phi) is 4.33. The molecule has 21 heavy (non-hydrogen) atoms. The first-order chi connectivity index (χ1) is 10.1. The summed E-state index contributed by atoms with van der Waals surface area (Å²) in [4.78, 5) is 27.2. The minimum Gasteiger partial charge on any atom is -0.543 e. The molecule has 0 aliphatic rings. The fourth-order valence-electron chi connectivity index (χ4n) is 2.14. The maximum Gasteiger partial charge on any atom is 0.341 e. The smallest absolute Gasteiger partial charge is 0.341 e. The first kappa shape index (κ1) is 14.7. The van der Waals surface area contributed by atoms with Crippen molar-refractivity contribution in [3.05, 3.63) is 53.3 Å². The van der Waals surface area contributed by atoms with Crippen molar-refractivity contribution in [2.24, 2.45) is 0 Å². The van der Waals surface area contributed by atoms with Crippen LogP contribution >= 0.6 is 0 Å². The van der Waals surface area contributed by atoms with Crippen molar-refractivity contribution in [1.82, 2.24) is 4.98 Å². The normalized spacial score (nSPS) is 10.2. The molecule has 0 saturated heterocycles. The molecule has 0 saturated carbocycles. The van der Waals surface area contributed by atoms with E-state index < -0.39 is 17.6 Å². The van der Waals surface area contributed by atoms with Gasteiger partial charge in [0, 0.05) is 11.8 Å². The molecule has 0 atom stereocenters. The molecule has 0 amide bonds. The lowest BCUT2D eigenvalue weighted by Crippen LogP contribution is -2.27. The maximum atomic E-state index is 12.2. The number of aromatic carboxylic acids is 1. The molecule has 2 aromatic rings. The van der Waals surface area contributed by atoms with Crippen LogP contribution in [0.15, 0.2) is 36.5 Å². The average Bonchev–Trinajstić information content (AvgIpc) is 2.47. The number of carbonyl (C=O) groups excluding carboxylic acids is 2. The third-order valence-corrected chi connectivity index (χ3v) is 3.00. The summed E-state index contributed by atoms with van der Waals surface area (Å²) in [5, 5.41) is 11.2. The number of rotatable bonds is 4. The van der Waals surface area contributed by atoms with Crippen molar-refractivity contribution < 1.29 is 19.4 Å². The lowest BCUT2D eigenvalue weighted by molar-refractivity contribution is -0.255. The van der Waals surface area contributed by atoms with Crippen LogP contribution in [0, 0.1) is 6.92 Å². The lowest BCUT2D eigenvalue weighted by atomic mass is 9.95. The molecule has 0 spiro atoms. The van der Waals surface area contributed by atoms with Gasteiger partial charge in [0.05, 0.1) is 18.1 Å². The van der Waals surface area contributed by atoms with E-state index in [2.05, 4.69) is 4.98 Å². The number of pyridine rings is 1. The number of carboxylic acids is 1. The Labute approximate surface area is 122 Å². The molecule has 0 radical (unpaired) electrons. The number of esters is 1. The first-order valence-corrected chi connectivity index (χ1v) is 6.49. The van der Waals surface area contributed by atoms with Crippen LogP contribution in [-0.4, -0.2) is 23.5 Å². The van der Waals surface area contributed by atoms with Gasteiger partial charge < -0.3 is 14.6 Å². The van der Waals surface area contributed by atoms with Crippen LogP contribution in [0.5, 0.6) is 0 Å². The SMILES string of the molecule is CCOC(=O)c1c(C(=O)[O-])ncc(C)c1-c1ccccc1. The van der Waals surface area contributed by atoms with Gasteiger partial charge in [0.25, 0.3) is 0 Å². The van der Waals surface area contributed by atoms with E-state index in [0.717, 1.165) is 5.56 Å². The number of benzene rings is 1. The zero-order valence-electron chi connectivity index (χ0n) is 11.8. The van der Waals surface area contributed by atoms with Crippen LogP contribution in [-0.2, 0) is 4.74 Å². The first-order valence-electron chi connectivity index (χ1n) is 6.49. The molecule has 0 fully saturated rings. The van der Waals surface area contributed by atoms with Gasteiger partial charge in [-0.25, -0.2) is 4.79 Å². The minimum atomic E-state index is -1.50. The van der Waals surface area contributed by atoms with Crippen LogP contribution in [0.3, 0.4) is 0 Å². The Bertz CT molecular complexity index is 680. The van der Waals surface area contributed by atoms with Crippen LogP contribution in [0.4, 0.5) is 0 Å². The average molecular weight is 284 g/mol. The summed E-state index contributed by atoms with van der Waals surface area (Å²) in [7, 11) is 0. The molecular weight excluding hydrogens is 270 g/mol. The molecule has 1 aromatic carbocycles. The summed E-state index contributed by atoms with van der Waals surface area (Å²) in [5.41, 5.74) is 1.45. The molecule has 0 aliphatic heterocycles. The van der Waals surface area contributed by atoms with E-state index in [1.165, 1.54) is 6.20 Å². The van der Waals surface area contributed by atoms with Crippen LogP contribution in [0.1, 0.15) is 33.3 Å². The Morgan fingerprint density at radius 3 is 2.48 bits per heavy atom. The molecule has 0 aliphatic carbocycles. The van der Waals surface area contributed by atoms with Gasteiger partial charge >= 0.3 is 5.97 Å². The number of nitrogens with zero attached hydrogens (tertiary/aromatic N) is 1. The fraction of sp³-hybridized carbons (Fsp3) is 0.188. The molecule has 0 N–H and O–H groups in total. The van der Waals surface area contributed by atoms with E-state index in [4.69, 9.17) is 4.74 Å². The van der Waals surface area contributed by atoms with E-state index >= 15 is 0 Å². The van der Waals surface area contributed by atoms with Crippen molar-refractivity contribution in [2.45, 2.75) is 13.8 Å². The predicted octanol–water partition coefficient (Wildman–Crippen LogP) is 1.60. The molecule has 2 rings (SSSR count). The number of aromatic nitrogens is 1. The van der Waals surface area contributed by atoms with Crippen molar-refractivity contribution in [2.75, 3.05) is 6.61 Å². The highest BCUT2D eigenvalue weighted by molar-refractivity contribution is 6.06. The van der Waals surface area contributed by atoms with Gasteiger partial charge in [0.1, 0.15) is 5.69 Å². The Morgan fingerprint density at radius 2 is 1.90 bits per heavy atom. The highest BCUT2D eigenvalue weighted by atomic mass is 16.5. The quantitative estimate of drug-likeness (QED) is 0.797. The van der Waals surface area contributed by atoms with Gasteiger partial charge in [0.2, 0.25) is 0 Å². The zero-order valence-corrected chi connectivity index (χ0v) is 11.8. The summed E-state index contributed by atoms with van der Waals surface area (Å²) in [6.45, 7) is 3.56. The molecule has 0 bridgehead atoms. The molecule has 5 nitrogen and oxygen atoms in total. The highest BCUT2D eigenvalue weighted by Crippen LogP contribution is 2.29. The summed E-state index contributed by atoms with van der Waals surface area (Å²) < 4.78 is 4.97. The summed E-state index contributed by atoms with van der Waals surface area (Å²) in [5.74, 6) is -2.22. The molecular formula is C16H14NO4-. The van der Waals surface area contributed by atoms with Crippen LogP contribution < -0.4 is 5.11 Å². The van der Waals surface area contributed by atoms with Gasteiger partial charge in [-0.15, -0.1) is 0 Å². The molecule has 108 valence electrons. The maximum absolute atomic E-state index is 12.2. The van der Waals surface area contributed by atoms with Gasteiger partial charge in [0.15, 0.2) is 0 Å². The number of ether oxygens (including phenoxy) is 1. The van der Waals surface area contributed by atoms with E-state index in [1.807, 2.05) is 18.2 Å². The Balaban J connectivity index is 2.76. The van der Waals surface area contributed by atoms with Gasteiger partial charge in [-0.2, -0.15) is 0 Å². The number of aryl methyl sites for hydroxylation is 1. The van der Waals surface area contributed by atoms with Crippen molar-refractivity contribution >= 4 is 11.9 Å². The van der Waals surface area contributed by atoms with Crippen molar-refractivity contribution in [3.63, 3.8) is 0 Å². The van der Waals surface area contributed by atoms with Crippen molar-refractivity contribution in [1.29, 1.82) is 0 Å². The zero-order chi connectivity index (χ0) is 15.4. The summed E-state index contributed by atoms with van der Waals surface area (Å²) in [6.07, 6.45) is 1.41. The number of hydrogen-bond acceptors (Lipinski definition) is 5. The fourth-order valence-corrected chi connectivity index (χ4v) is 2.14. The topological polar surface area (TPSA) is 79.3 Å². The lowest BCUT2D eigenvalue weighted by Gasteiger charge is -2.16. The van der Waals surface area contributed by atoms with E-state index in [-0.39, 0.29) is 12.2 Å². The Hall–Kier alpha value is -2.69. The molecule has 5 heteroatoms. The third-order valence-electron chi connectivity index (χ3n) is 3.00. The van der Waals surface area contributed by atoms with E-state index in [9.17, 15) is 14.7 Å². The molecule has 1 aromatic heterocycles. The van der Waals surface area contributed by atoms with E-state index in [0.29, 0.717) is 11.1 Å². The summed E-state index contributed by atoms with van der Waals surface area (Å²) >= 11 is 0. The van der Waals surface area contributed by atoms with Gasteiger partial charge in [-0.1, -0.05) is 30.3 Å². The minimum absolute atomic E-state index is 0.0666. The second-order valence-electron chi connectivity index (χ2n) is 4.41. The van der Waals surface area contributed by atoms with Crippen LogP contribution in [0.2, 0.25) is 0 Å². The molecule has 1 heterocycles. The second kappa shape index (κ2) is 6.17. The molecule has 0 unspecified atom stereocenters. The monoisotopic (exact) mass is 284 g/mol. The van der Waals surface area contributed by atoms with E-state index in [1.54, 1.807) is 26.0 Å². The second-order valence-corrected chi connectivity index (χ2v) is 4.41. The standard InChI is InChI=1S/C16H15NO4/c1-3-21-16(20)13-12(11-7-5-4-6-8-11)10(2)9-17-14(13)15(18)19/h4-9H,3H2,1-2H3,(H,18,19)/p-1. The van der Waals surface area contributed by atoms with Crippen molar-refractivity contribution in [3.8, 4) is 11.1 Å². The van der Waals surface area contributed by atoms with Gasteiger partial charge in [-0.3, -0.25) is 4.98 Å². The number of carbonyl (C=O) groups is 2. The number of hydrogen-bond donors (Lipinski definition) is 0.